The van der Waals surface area contributed by atoms with Crippen LogP contribution in [-0.2, 0) is 14.8 Å². The van der Waals surface area contributed by atoms with Crippen molar-refractivity contribution >= 4 is 21.6 Å². The van der Waals surface area contributed by atoms with E-state index in [1.807, 2.05) is 19.1 Å². The molecule has 1 fully saturated rings. The average Bonchev–Trinajstić information content (AvgIpc) is 2.77. The van der Waals surface area contributed by atoms with Gasteiger partial charge < -0.3 is 10.1 Å². The summed E-state index contributed by atoms with van der Waals surface area (Å²) >= 11 is 0. The van der Waals surface area contributed by atoms with Crippen LogP contribution in [0.4, 0.5) is 5.69 Å². The maximum Gasteiger partial charge on any atom is 0.264 e. The first-order chi connectivity index (χ1) is 14.4. The predicted octanol–water partition coefficient (Wildman–Crippen LogP) is 2.27. The van der Waals surface area contributed by atoms with Crippen molar-refractivity contribution in [2.24, 2.45) is 0 Å². The van der Waals surface area contributed by atoms with Crippen LogP contribution in [0.1, 0.15) is 22.3 Å². The van der Waals surface area contributed by atoms with Crippen molar-refractivity contribution in [1.29, 1.82) is 0 Å². The number of nitrogens with one attached hydrogen (secondary N) is 1. The van der Waals surface area contributed by atoms with Gasteiger partial charge in [-0.25, -0.2) is 8.42 Å². The number of carbonyl (C=O) groups is 1. The van der Waals surface area contributed by atoms with Crippen molar-refractivity contribution in [1.82, 2.24) is 10.2 Å². The third-order valence-corrected chi connectivity index (χ3v) is 7.02. The first-order valence-electron chi connectivity index (χ1n) is 10.1. The second kappa shape index (κ2) is 10.1. The molecule has 2 aromatic carbocycles. The number of anilines is 1. The Morgan fingerprint density at radius 2 is 1.87 bits per heavy atom. The molecular weight excluding hydrogens is 402 g/mol. The summed E-state index contributed by atoms with van der Waals surface area (Å²) in [4.78, 5) is 14.9. The van der Waals surface area contributed by atoms with Crippen LogP contribution in [-0.4, -0.2) is 65.7 Å². The van der Waals surface area contributed by atoms with E-state index < -0.39 is 10.0 Å². The number of benzene rings is 2. The highest BCUT2D eigenvalue weighted by Crippen LogP contribution is 2.25. The number of aryl methyl sites for hydroxylation is 1. The van der Waals surface area contributed by atoms with Crippen molar-refractivity contribution in [3.05, 3.63) is 59.7 Å². The molecule has 1 saturated heterocycles. The third-order valence-electron chi connectivity index (χ3n) is 5.25. The first-order valence-corrected chi connectivity index (χ1v) is 11.6. The van der Waals surface area contributed by atoms with Gasteiger partial charge in [0.25, 0.3) is 15.9 Å². The fourth-order valence-corrected chi connectivity index (χ4v) is 4.74. The Kier molecular flexibility index (Phi) is 7.47. The first kappa shape index (κ1) is 22.3. The van der Waals surface area contributed by atoms with Gasteiger partial charge >= 0.3 is 0 Å². The Bertz CT molecular complexity index is 972. The maximum absolute atomic E-state index is 13.1. The lowest BCUT2D eigenvalue weighted by Gasteiger charge is -2.26. The second-order valence-corrected chi connectivity index (χ2v) is 9.32. The van der Waals surface area contributed by atoms with Crippen molar-refractivity contribution in [2.75, 3.05) is 50.7 Å². The highest BCUT2D eigenvalue weighted by atomic mass is 32.2. The van der Waals surface area contributed by atoms with Crippen LogP contribution in [0.2, 0.25) is 0 Å². The molecule has 30 heavy (non-hydrogen) atoms. The summed E-state index contributed by atoms with van der Waals surface area (Å²) < 4.78 is 32.7. The van der Waals surface area contributed by atoms with Crippen LogP contribution in [0.3, 0.4) is 0 Å². The SMILES string of the molecule is Cc1ccccc1N(C)S(=O)(=O)c1cccc(C(=O)NCCCN2CCOCC2)c1. The molecule has 0 spiro atoms. The van der Waals surface area contributed by atoms with E-state index >= 15 is 0 Å². The summed E-state index contributed by atoms with van der Waals surface area (Å²) in [5.74, 6) is -0.271. The summed E-state index contributed by atoms with van der Waals surface area (Å²) in [6.07, 6.45) is 0.833. The van der Waals surface area contributed by atoms with Gasteiger partial charge in [0, 0.05) is 32.2 Å². The molecule has 2 aromatic rings. The zero-order valence-electron chi connectivity index (χ0n) is 17.5. The molecule has 1 aliphatic heterocycles. The summed E-state index contributed by atoms with van der Waals surface area (Å²) in [5.41, 5.74) is 1.80. The molecule has 3 rings (SSSR count). The van der Waals surface area contributed by atoms with Gasteiger partial charge in [0.15, 0.2) is 0 Å². The van der Waals surface area contributed by atoms with Crippen molar-refractivity contribution < 1.29 is 17.9 Å². The summed E-state index contributed by atoms with van der Waals surface area (Å²) in [6.45, 7) is 6.65. The van der Waals surface area contributed by atoms with Gasteiger partial charge in [0.2, 0.25) is 0 Å². The van der Waals surface area contributed by atoms with Crippen molar-refractivity contribution in [2.45, 2.75) is 18.2 Å². The summed E-state index contributed by atoms with van der Waals surface area (Å²) in [5, 5.41) is 2.88. The van der Waals surface area contributed by atoms with Gasteiger partial charge in [-0.2, -0.15) is 0 Å². The normalized spacial score (nSPS) is 15.0. The van der Waals surface area contributed by atoms with Gasteiger partial charge in [-0.05, 0) is 49.7 Å². The van der Waals surface area contributed by atoms with E-state index in [0.717, 1.165) is 44.8 Å². The van der Waals surface area contributed by atoms with E-state index in [2.05, 4.69) is 10.2 Å². The molecule has 0 atom stereocenters. The topological polar surface area (TPSA) is 79.0 Å². The molecule has 0 aliphatic carbocycles. The van der Waals surface area contributed by atoms with Gasteiger partial charge in [-0.3, -0.25) is 14.0 Å². The number of ether oxygens (including phenoxy) is 1. The van der Waals surface area contributed by atoms with Gasteiger partial charge in [-0.1, -0.05) is 24.3 Å². The lowest BCUT2D eigenvalue weighted by atomic mass is 10.2. The zero-order chi connectivity index (χ0) is 21.6. The van der Waals surface area contributed by atoms with E-state index in [9.17, 15) is 13.2 Å². The van der Waals surface area contributed by atoms with Gasteiger partial charge in [0.05, 0.1) is 23.8 Å². The van der Waals surface area contributed by atoms with E-state index in [-0.39, 0.29) is 10.8 Å². The number of sulfonamides is 1. The van der Waals surface area contributed by atoms with Gasteiger partial charge in [-0.15, -0.1) is 0 Å². The van der Waals surface area contributed by atoms with Crippen LogP contribution >= 0.6 is 0 Å². The highest BCUT2D eigenvalue weighted by Gasteiger charge is 2.23. The van der Waals surface area contributed by atoms with Gasteiger partial charge in [0.1, 0.15) is 0 Å². The largest absolute Gasteiger partial charge is 0.379 e. The Hall–Kier alpha value is -2.42. The molecular formula is C22H29N3O4S. The van der Waals surface area contributed by atoms with Crippen LogP contribution in [0.5, 0.6) is 0 Å². The molecule has 1 amide bonds. The Morgan fingerprint density at radius 3 is 2.60 bits per heavy atom. The van der Waals surface area contributed by atoms with Crippen LogP contribution < -0.4 is 9.62 Å². The Labute approximate surface area is 178 Å². The number of hydrogen-bond donors (Lipinski definition) is 1. The molecule has 8 heteroatoms. The second-order valence-electron chi connectivity index (χ2n) is 7.35. The van der Waals surface area contributed by atoms with E-state index in [1.54, 1.807) is 24.3 Å². The molecule has 0 radical (unpaired) electrons. The minimum Gasteiger partial charge on any atom is -0.379 e. The number of amides is 1. The number of morpholine rings is 1. The number of rotatable bonds is 8. The standard InChI is InChI=1S/C22H29N3O4S/c1-18-7-3-4-10-21(18)24(2)30(27,28)20-9-5-8-19(17-20)22(26)23-11-6-12-25-13-15-29-16-14-25/h3-5,7-10,17H,6,11-16H2,1-2H3,(H,23,26). The fraction of sp³-hybridized carbons (Fsp3) is 0.409. The Morgan fingerprint density at radius 1 is 1.13 bits per heavy atom. The smallest absolute Gasteiger partial charge is 0.264 e. The molecule has 1 heterocycles. The molecule has 7 nitrogen and oxygen atoms in total. The fourth-order valence-electron chi connectivity index (χ4n) is 3.43. The van der Waals surface area contributed by atoms with E-state index in [0.29, 0.717) is 17.8 Å². The summed E-state index contributed by atoms with van der Waals surface area (Å²) in [6, 6.07) is 13.5. The number of carbonyl (C=O) groups excluding carboxylic acids is 1. The molecule has 0 unspecified atom stereocenters. The molecule has 162 valence electrons. The quantitative estimate of drug-likeness (QED) is 0.649. The predicted molar refractivity (Wildman–Crippen MR) is 117 cm³/mol. The molecule has 0 aromatic heterocycles. The highest BCUT2D eigenvalue weighted by molar-refractivity contribution is 7.92. The van der Waals surface area contributed by atoms with Crippen molar-refractivity contribution in [3.63, 3.8) is 0 Å². The lowest BCUT2D eigenvalue weighted by molar-refractivity contribution is 0.0374. The average molecular weight is 432 g/mol. The van der Waals surface area contributed by atoms with Crippen LogP contribution in [0.25, 0.3) is 0 Å². The summed E-state index contributed by atoms with van der Waals surface area (Å²) in [7, 11) is -2.25. The Balaban J connectivity index is 1.63. The van der Waals surface area contributed by atoms with Crippen molar-refractivity contribution in [3.8, 4) is 0 Å². The number of hydrogen-bond acceptors (Lipinski definition) is 5. The lowest BCUT2D eigenvalue weighted by Crippen LogP contribution is -2.38. The van der Waals surface area contributed by atoms with Crippen LogP contribution in [0.15, 0.2) is 53.4 Å². The molecule has 0 saturated carbocycles. The zero-order valence-corrected chi connectivity index (χ0v) is 18.3. The molecule has 1 aliphatic rings. The van der Waals surface area contributed by atoms with E-state index in [1.165, 1.54) is 23.5 Å². The van der Waals surface area contributed by atoms with E-state index in [4.69, 9.17) is 4.74 Å². The molecule has 0 bridgehead atoms. The minimum absolute atomic E-state index is 0.0919. The molecule has 1 N–H and O–H groups in total. The third kappa shape index (κ3) is 5.38. The maximum atomic E-state index is 13.1. The monoisotopic (exact) mass is 431 g/mol. The number of nitrogens with zero attached hydrogens (tertiary/aromatic N) is 2. The van der Waals surface area contributed by atoms with Crippen LogP contribution in [0, 0.1) is 6.92 Å². The minimum atomic E-state index is -3.78. The number of para-hydroxylation sites is 1.